The monoisotopic (exact) mass is 268 g/mol. The van der Waals surface area contributed by atoms with Crippen molar-refractivity contribution in [2.45, 2.75) is 11.8 Å². The maximum absolute atomic E-state index is 11.2. The summed E-state index contributed by atoms with van der Waals surface area (Å²) in [5.41, 5.74) is 1.39. The maximum Gasteiger partial charge on any atom is 0.150 e. The number of aldehydes is 2. The fourth-order valence-electron chi connectivity index (χ4n) is 1.21. The van der Waals surface area contributed by atoms with E-state index in [1.165, 1.54) is 19.1 Å². The van der Waals surface area contributed by atoms with Crippen molar-refractivity contribution in [2.75, 3.05) is 0 Å². The molecular weight excluding hydrogens is 260 g/mol. The Balaban J connectivity index is 3.28. The smallest absolute Gasteiger partial charge is 0.150 e. The van der Waals surface area contributed by atoms with E-state index in [0.717, 1.165) is 0 Å². The molecule has 0 saturated heterocycles. The van der Waals surface area contributed by atoms with E-state index in [1.807, 2.05) is 0 Å². The van der Waals surface area contributed by atoms with Crippen LogP contribution in [0.4, 0.5) is 0 Å². The molecule has 4 heteroatoms. The highest BCUT2D eigenvalue weighted by molar-refractivity contribution is 9.09. The molecule has 0 N–H and O–H groups in total. The summed E-state index contributed by atoms with van der Waals surface area (Å²) >= 11 is 3.18. The third-order valence-corrected chi connectivity index (χ3v) is 3.14. The molecule has 0 spiro atoms. The second-order valence-electron chi connectivity index (χ2n) is 3.10. The normalized spacial score (nSPS) is 11.9. The van der Waals surface area contributed by atoms with E-state index in [0.29, 0.717) is 29.3 Å². The Morgan fingerprint density at radius 1 is 1.33 bits per heavy atom. The second kappa shape index (κ2) is 4.98. The fourth-order valence-corrected chi connectivity index (χ4v) is 1.61. The van der Waals surface area contributed by atoms with E-state index in [-0.39, 0.29) is 5.78 Å². The van der Waals surface area contributed by atoms with Crippen molar-refractivity contribution >= 4 is 34.3 Å². The first-order chi connectivity index (χ1) is 7.10. The lowest BCUT2D eigenvalue weighted by Crippen LogP contribution is -2.05. The average Bonchev–Trinajstić information content (AvgIpc) is 2.27. The van der Waals surface area contributed by atoms with Crippen molar-refractivity contribution in [3.8, 4) is 0 Å². The number of hydrogen-bond acceptors (Lipinski definition) is 3. The van der Waals surface area contributed by atoms with Gasteiger partial charge in [0.2, 0.25) is 0 Å². The molecule has 1 unspecified atom stereocenters. The Kier molecular flexibility index (Phi) is 3.91. The third-order valence-electron chi connectivity index (χ3n) is 2.00. The molecule has 0 amide bonds. The summed E-state index contributed by atoms with van der Waals surface area (Å²) < 4.78 is 0. The minimum atomic E-state index is -0.544. The number of benzene rings is 1. The summed E-state index contributed by atoms with van der Waals surface area (Å²) in [5.74, 6) is -0.110. The van der Waals surface area contributed by atoms with Gasteiger partial charge in [-0.05, 0) is 18.6 Å². The molecule has 0 bridgehead atoms. The van der Waals surface area contributed by atoms with Crippen molar-refractivity contribution in [1.29, 1.82) is 0 Å². The average molecular weight is 269 g/mol. The van der Waals surface area contributed by atoms with Crippen LogP contribution in [0, 0.1) is 0 Å². The number of rotatable bonds is 4. The SMILES string of the molecule is CC(=O)C(Br)c1cc(C=O)ccc1C=O. The zero-order valence-corrected chi connectivity index (χ0v) is 9.65. The summed E-state index contributed by atoms with van der Waals surface area (Å²) in [5, 5.41) is 0. The summed E-state index contributed by atoms with van der Waals surface area (Å²) in [4.78, 5) is 31.9. The lowest BCUT2D eigenvalue weighted by molar-refractivity contribution is -0.116. The van der Waals surface area contributed by atoms with Gasteiger partial charge in [0, 0.05) is 11.1 Å². The zero-order valence-electron chi connectivity index (χ0n) is 8.07. The molecule has 0 aliphatic rings. The molecule has 1 rings (SSSR count). The quantitative estimate of drug-likeness (QED) is 0.622. The van der Waals surface area contributed by atoms with E-state index in [1.54, 1.807) is 6.07 Å². The first-order valence-corrected chi connectivity index (χ1v) is 5.20. The Morgan fingerprint density at radius 2 is 2.00 bits per heavy atom. The van der Waals surface area contributed by atoms with Crippen molar-refractivity contribution in [3.63, 3.8) is 0 Å². The Hall–Kier alpha value is -1.29. The van der Waals surface area contributed by atoms with Crippen molar-refractivity contribution < 1.29 is 14.4 Å². The molecule has 0 saturated carbocycles. The molecule has 0 fully saturated rings. The first kappa shape index (κ1) is 11.8. The van der Waals surface area contributed by atoms with Crippen molar-refractivity contribution in [3.05, 3.63) is 34.9 Å². The standard InChI is InChI=1S/C11H9BrO3/c1-7(15)11(12)10-4-8(5-13)2-3-9(10)6-14/h2-6,11H,1H3. The molecule has 0 heterocycles. The molecule has 1 aromatic rings. The topological polar surface area (TPSA) is 51.2 Å². The van der Waals surface area contributed by atoms with Gasteiger partial charge in [-0.3, -0.25) is 14.4 Å². The van der Waals surface area contributed by atoms with E-state index < -0.39 is 4.83 Å². The van der Waals surface area contributed by atoms with Crippen LogP contribution in [0.3, 0.4) is 0 Å². The molecule has 0 radical (unpaired) electrons. The molecule has 1 aromatic carbocycles. The fraction of sp³-hybridized carbons (Fsp3) is 0.182. The Labute approximate surface area is 95.6 Å². The number of halogens is 1. The van der Waals surface area contributed by atoms with Crippen LogP contribution in [0.2, 0.25) is 0 Å². The van der Waals surface area contributed by atoms with Gasteiger partial charge >= 0.3 is 0 Å². The summed E-state index contributed by atoms with van der Waals surface area (Å²) in [7, 11) is 0. The van der Waals surface area contributed by atoms with Crippen LogP contribution in [-0.2, 0) is 4.79 Å². The number of hydrogen-bond donors (Lipinski definition) is 0. The second-order valence-corrected chi connectivity index (χ2v) is 4.01. The number of alkyl halides is 1. The van der Waals surface area contributed by atoms with E-state index in [4.69, 9.17) is 0 Å². The van der Waals surface area contributed by atoms with E-state index >= 15 is 0 Å². The zero-order chi connectivity index (χ0) is 11.4. The van der Waals surface area contributed by atoms with Gasteiger partial charge in [0.05, 0.1) is 4.83 Å². The van der Waals surface area contributed by atoms with Crippen LogP contribution in [-0.4, -0.2) is 18.4 Å². The number of Topliss-reactive ketones (excluding diaryl/α,β-unsaturated/α-hetero) is 1. The predicted molar refractivity (Wildman–Crippen MR) is 59.6 cm³/mol. The highest BCUT2D eigenvalue weighted by Gasteiger charge is 2.16. The van der Waals surface area contributed by atoms with Crippen molar-refractivity contribution in [2.24, 2.45) is 0 Å². The Bertz CT molecular complexity index is 412. The van der Waals surface area contributed by atoms with Crippen LogP contribution in [0.25, 0.3) is 0 Å². The van der Waals surface area contributed by atoms with Gasteiger partial charge in [0.1, 0.15) is 18.4 Å². The highest BCUT2D eigenvalue weighted by atomic mass is 79.9. The lowest BCUT2D eigenvalue weighted by Gasteiger charge is -2.09. The first-order valence-electron chi connectivity index (χ1n) is 4.29. The highest BCUT2D eigenvalue weighted by Crippen LogP contribution is 2.26. The van der Waals surface area contributed by atoms with Gasteiger partial charge in [0.25, 0.3) is 0 Å². The van der Waals surface area contributed by atoms with Gasteiger partial charge in [-0.15, -0.1) is 0 Å². The van der Waals surface area contributed by atoms with E-state index in [2.05, 4.69) is 15.9 Å². The number of carbonyl (C=O) groups is 3. The molecule has 0 aromatic heterocycles. The molecule has 1 atom stereocenters. The minimum Gasteiger partial charge on any atom is -0.298 e. The summed E-state index contributed by atoms with van der Waals surface area (Å²) in [6, 6.07) is 4.61. The number of ketones is 1. The van der Waals surface area contributed by atoms with Gasteiger partial charge < -0.3 is 0 Å². The summed E-state index contributed by atoms with van der Waals surface area (Å²) in [6.45, 7) is 1.42. The van der Waals surface area contributed by atoms with E-state index in [9.17, 15) is 14.4 Å². The molecule has 15 heavy (non-hydrogen) atoms. The van der Waals surface area contributed by atoms with Gasteiger partial charge in [0.15, 0.2) is 0 Å². The molecule has 0 aliphatic heterocycles. The largest absolute Gasteiger partial charge is 0.298 e. The summed E-state index contributed by atoms with van der Waals surface area (Å²) in [6.07, 6.45) is 1.35. The van der Waals surface area contributed by atoms with Gasteiger partial charge in [-0.2, -0.15) is 0 Å². The minimum absolute atomic E-state index is 0.110. The van der Waals surface area contributed by atoms with Gasteiger partial charge in [-0.1, -0.05) is 28.1 Å². The third kappa shape index (κ3) is 2.59. The van der Waals surface area contributed by atoms with Crippen LogP contribution >= 0.6 is 15.9 Å². The van der Waals surface area contributed by atoms with Crippen LogP contribution in [0.15, 0.2) is 18.2 Å². The predicted octanol–water partition coefficient (Wildman–Crippen LogP) is 2.34. The maximum atomic E-state index is 11.2. The van der Waals surface area contributed by atoms with Gasteiger partial charge in [-0.25, -0.2) is 0 Å². The lowest BCUT2D eigenvalue weighted by atomic mass is 10.0. The molecular formula is C11H9BrO3. The van der Waals surface area contributed by atoms with Crippen LogP contribution in [0.5, 0.6) is 0 Å². The molecule has 0 aliphatic carbocycles. The molecule has 78 valence electrons. The van der Waals surface area contributed by atoms with Crippen molar-refractivity contribution in [1.82, 2.24) is 0 Å². The van der Waals surface area contributed by atoms with Crippen LogP contribution < -0.4 is 0 Å². The number of carbonyl (C=O) groups excluding carboxylic acids is 3. The Morgan fingerprint density at radius 3 is 2.47 bits per heavy atom. The molecule has 3 nitrogen and oxygen atoms in total. The van der Waals surface area contributed by atoms with Crippen LogP contribution in [0.1, 0.15) is 38.0 Å².